The molecule has 3 aromatic rings. The average Bonchev–Trinajstić information content (AvgIpc) is 2.97. The molecule has 0 bridgehead atoms. The first-order chi connectivity index (χ1) is 9.22. The van der Waals surface area contributed by atoms with Crippen molar-refractivity contribution in [1.82, 2.24) is 9.97 Å². The number of aromatic nitrogens is 2. The van der Waals surface area contributed by atoms with E-state index >= 15 is 0 Å². The van der Waals surface area contributed by atoms with Crippen molar-refractivity contribution < 1.29 is 4.42 Å². The highest BCUT2D eigenvalue weighted by Gasteiger charge is 2.08. The Labute approximate surface area is 115 Å². The number of thiophene rings is 1. The quantitative estimate of drug-likeness (QED) is 0.789. The first-order valence-corrected chi connectivity index (χ1v) is 7.05. The summed E-state index contributed by atoms with van der Waals surface area (Å²) in [6.45, 7) is 4.81. The van der Waals surface area contributed by atoms with Gasteiger partial charge in [-0.1, -0.05) is 0 Å². The van der Waals surface area contributed by atoms with Crippen LogP contribution in [-0.4, -0.2) is 16.5 Å². The molecule has 0 aromatic carbocycles. The molecule has 0 radical (unpaired) electrons. The fourth-order valence-corrected chi connectivity index (χ4v) is 2.97. The van der Waals surface area contributed by atoms with E-state index in [4.69, 9.17) is 4.42 Å². The summed E-state index contributed by atoms with van der Waals surface area (Å²) in [4.78, 5) is 11.3. The molecule has 0 unspecified atom stereocenters. The molecule has 0 fully saturated rings. The van der Waals surface area contributed by atoms with E-state index < -0.39 is 0 Å². The molecule has 0 aliphatic rings. The Kier molecular flexibility index (Phi) is 3.21. The number of furan rings is 1. The summed E-state index contributed by atoms with van der Waals surface area (Å²) < 4.78 is 5.32. The molecule has 0 saturated heterocycles. The maximum Gasteiger partial charge on any atom is 0.138 e. The zero-order valence-corrected chi connectivity index (χ0v) is 11.8. The van der Waals surface area contributed by atoms with Gasteiger partial charge in [-0.15, -0.1) is 11.3 Å². The van der Waals surface area contributed by atoms with Crippen molar-refractivity contribution in [2.24, 2.45) is 0 Å². The summed E-state index contributed by atoms with van der Waals surface area (Å²) >= 11 is 1.70. The van der Waals surface area contributed by atoms with Gasteiger partial charge in [0.05, 0.1) is 11.6 Å². The van der Waals surface area contributed by atoms with E-state index in [2.05, 4.69) is 28.3 Å². The standard InChI is InChI=1S/C14H15N3OS/c1-9-8-12-13(16-10(2)17-14(12)19-9)15-6-5-11-4-3-7-18-11/h3-4,7-8H,5-6H2,1-2H3,(H,15,16,17). The molecule has 0 spiro atoms. The molecule has 1 N–H and O–H groups in total. The van der Waals surface area contributed by atoms with Crippen molar-refractivity contribution in [2.45, 2.75) is 20.3 Å². The Morgan fingerprint density at radius 1 is 1.32 bits per heavy atom. The fourth-order valence-electron chi connectivity index (χ4n) is 2.04. The number of hydrogen-bond acceptors (Lipinski definition) is 5. The van der Waals surface area contributed by atoms with Gasteiger partial charge in [0.1, 0.15) is 22.2 Å². The lowest BCUT2D eigenvalue weighted by atomic mass is 10.3. The highest BCUT2D eigenvalue weighted by molar-refractivity contribution is 7.18. The van der Waals surface area contributed by atoms with E-state index in [1.165, 1.54) is 4.88 Å². The Balaban J connectivity index is 1.79. The molecule has 98 valence electrons. The van der Waals surface area contributed by atoms with Crippen LogP contribution in [0, 0.1) is 13.8 Å². The monoisotopic (exact) mass is 273 g/mol. The number of aryl methyl sites for hydroxylation is 2. The minimum absolute atomic E-state index is 0.800. The molecule has 5 heteroatoms. The van der Waals surface area contributed by atoms with Gasteiger partial charge in [0.2, 0.25) is 0 Å². The SMILES string of the molecule is Cc1nc(NCCc2ccco2)c2cc(C)sc2n1. The Bertz CT molecular complexity index is 688. The molecule has 3 rings (SSSR count). The zero-order chi connectivity index (χ0) is 13.2. The van der Waals surface area contributed by atoms with Crippen LogP contribution in [0.4, 0.5) is 5.82 Å². The minimum atomic E-state index is 0.800. The van der Waals surface area contributed by atoms with Crippen molar-refractivity contribution in [3.63, 3.8) is 0 Å². The van der Waals surface area contributed by atoms with E-state index in [1.807, 2.05) is 19.1 Å². The highest BCUT2D eigenvalue weighted by Crippen LogP contribution is 2.28. The van der Waals surface area contributed by atoms with E-state index in [0.717, 1.165) is 40.6 Å². The van der Waals surface area contributed by atoms with Crippen LogP contribution >= 0.6 is 11.3 Å². The van der Waals surface area contributed by atoms with Gasteiger partial charge < -0.3 is 9.73 Å². The molecule has 0 saturated carbocycles. The van der Waals surface area contributed by atoms with Crippen LogP contribution in [0.1, 0.15) is 16.5 Å². The maximum absolute atomic E-state index is 5.32. The van der Waals surface area contributed by atoms with Gasteiger partial charge in [-0.25, -0.2) is 9.97 Å². The Morgan fingerprint density at radius 2 is 2.21 bits per heavy atom. The van der Waals surface area contributed by atoms with E-state index in [0.29, 0.717) is 0 Å². The molecule has 19 heavy (non-hydrogen) atoms. The Morgan fingerprint density at radius 3 is 3.00 bits per heavy atom. The van der Waals surface area contributed by atoms with Crippen LogP contribution in [-0.2, 0) is 6.42 Å². The van der Waals surface area contributed by atoms with Crippen molar-refractivity contribution >= 4 is 27.4 Å². The summed E-state index contributed by atoms with van der Waals surface area (Å²) in [5.74, 6) is 2.70. The molecule has 4 nitrogen and oxygen atoms in total. The van der Waals surface area contributed by atoms with Gasteiger partial charge in [-0.3, -0.25) is 0 Å². The predicted octanol–water partition coefficient (Wildman–Crippen LogP) is 3.56. The lowest BCUT2D eigenvalue weighted by Crippen LogP contribution is -2.07. The summed E-state index contributed by atoms with van der Waals surface area (Å²) in [6, 6.07) is 6.02. The topological polar surface area (TPSA) is 51.0 Å². The molecule has 0 atom stereocenters. The third-order valence-electron chi connectivity index (χ3n) is 2.87. The van der Waals surface area contributed by atoms with E-state index in [9.17, 15) is 0 Å². The molecular weight excluding hydrogens is 258 g/mol. The summed E-state index contributed by atoms with van der Waals surface area (Å²) in [6.07, 6.45) is 2.55. The van der Waals surface area contributed by atoms with Crippen molar-refractivity contribution in [2.75, 3.05) is 11.9 Å². The second-order valence-electron chi connectivity index (χ2n) is 4.45. The van der Waals surface area contributed by atoms with Crippen LogP contribution in [0.5, 0.6) is 0 Å². The normalized spacial score (nSPS) is 11.1. The van der Waals surface area contributed by atoms with Crippen molar-refractivity contribution in [1.29, 1.82) is 0 Å². The number of nitrogens with one attached hydrogen (secondary N) is 1. The van der Waals surface area contributed by atoms with Gasteiger partial charge in [0.25, 0.3) is 0 Å². The van der Waals surface area contributed by atoms with Crippen LogP contribution < -0.4 is 5.32 Å². The minimum Gasteiger partial charge on any atom is -0.469 e. The predicted molar refractivity (Wildman–Crippen MR) is 77.8 cm³/mol. The third-order valence-corrected chi connectivity index (χ3v) is 3.82. The van der Waals surface area contributed by atoms with Gasteiger partial charge in [-0.05, 0) is 32.0 Å². The van der Waals surface area contributed by atoms with Crippen molar-refractivity contribution in [3.05, 3.63) is 40.9 Å². The van der Waals surface area contributed by atoms with Gasteiger partial charge in [0.15, 0.2) is 0 Å². The molecule has 3 heterocycles. The number of hydrogen-bond donors (Lipinski definition) is 1. The van der Waals surface area contributed by atoms with Crippen LogP contribution in [0.25, 0.3) is 10.2 Å². The van der Waals surface area contributed by atoms with Crippen LogP contribution in [0.2, 0.25) is 0 Å². The summed E-state index contributed by atoms with van der Waals surface area (Å²) in [7, 11) is 0. The maximum atomic E-state index is 5.32. The highest BCUT2D eigenvalue weighted by atomic mass is 32.1. The average molecular weight is 273 g/mol. The third kappa shape index (κ3) is 2.61. The fraction of sp³-hybridized carbons (Fsp3) is 0.286. The smallest absolute Gasteiger partial charge is 0.138 e. The summed E-state index contributed by atoms with van der Waals surface area (Å²) in [5, 5.41) is 4.48. The molecule has 0 aliphatic heterocycles. The zero-order valence-electron chi connectivity index (χ0n) is 10.9. The Hall–Kier alpha value is -1.88. The lowest BCUT2D eigenvalue weighted by Gasteiger charge is -2.06. The second-order valence-corrected chi connectivity index (χ2v) is 5.69. The molecule has 0 aliphatic carbocycles. The van der Waals surface area contributed by atoms with Gasteiger partial charge >= 0.3 is 0 Å². The first-order valence-electron chi connectivity index (χ1n) is 6.23. The second kappa shape index (κ2) is 5.01. The number of nitrogens with zero attached hydrogens (tertiary/aromatic N) is 2. The van der Waals surface area contributed by atoms with Gasteiger partial charge in [0, 0.05) is 17.8 Å². The van der Waals surface area contributed by atoms with Crippen molar-refractivity contribution in [3.8, 4) is 0 Å². The number of anilines is 1. The molecule has 3 aromatic heterocycles. The van der Waals surface area contributed by atoms with E-state index in [-0.39, 0.29) is 0 Å². The largest absolute Gasteiger partial charge is 0.469 e. The first kappa shape index (κ1) is 12.2. The number of fused-ring (bicyclic) bond motifs is 1. The molecular formula is C14H15N3OS. The van der Waals surface area contributed by atoms with Crippen LogP contribution in [0.3, 0.4) is 0 Å². The summed E-state index contributed by atoms with van der Waals surface area (Å²) in [5.41, 5.74) is 0. The lowest BCUT2D eigenvalue weighted by molar-refractivity contribution is 0.513. The number of rotatable bonds is 4. The van der Waals surface area contributed by atoms with E-state index in [1.54, 1.807) is 17.6 Å². The molecule has 0 amide bonds. The van der Waals surface area contributed by atoms with Gasteiger partial charge in [-0.2, -0.15) is 0 Å². The van der Waals surface area contributed by atoms with Crippen LogP contribution in [0.15, 0.2) is 28.9 Å².